The topological polar surface area (TPSA) is 72.2 Å². The maximum atomic E-state index is 11.6. The van der Waals surface area contributed by atoms with Crippen molar-refractivity contribution >= 4 is 15.7 Å². The van der Waals surface area contributed by atoms with Gasteiger partial charge < -0.3 is 5.32 Å². The molecule has 1 fully saturated rings. The van der Waals surface area contributed by atoms with E-state index in [0.29, 0.717) is 23.4 Å². The van der Waals surface area contributed by atoms with E-state index in [1.54, 1.807) is 19.1 Å². The quantitative estimate of drug-likeness (QED) is 0.901. The molecule has 1 aromatic carbocycles. The molecule has 0 radical (unpaired) electrons. The van der Waals surface area contributed by atoms with E-state index < -0.39 is 10.0 Å². The zero-order valence-corrected chi connectivity index (χ0v) is 13.2. The highest BCUT2D eigenvalue weighted by Gasteiger charge is 2.26. The number of benzene rings is 1. The molecule has 0 spiro atoms. The van der Waals surface area contributed by atoms with Crippen LogP contribution in [0.4, 0.5) is 5.69 Å². The number of primary sulfonamides is 1. The Morgan fingerprint density at radius 2 is 1.95 bits per heavy atom. The Labute approximate surface area is 121 Å². The summed E-state index contributed by atoms with van der Waals surface area (Å²) < 4.78 is 23.1. The van der Waals surface area contributed by atoms with E-state index in [1.165, 1.54) is 12.8 Å². The van der Waals surface area contributed by atoms with Gasteiger partial charge in [0, 0.05) is 11.7 Å². The van der Waals surface area contributed by atoms with Crippen molar-refractivity contribution in [1.82, 2.24) is 0 Å². The minimum Gasteiger partial charge on any atom is -0.382 e. The summed E-state index contributed by atoms with van der Waals surface area (Å²) in [4.78, 5) is 0.207. The number of rotatable bonds is 3. The van der Waals surface area contributed by atoms with Crippen molar-refractivity contribution in [2.45, 2.75) is 51.0 Å². The maximum Gasteiger partial charge on any atom is 0.238 e. The van der Waals surface area contributed by atoms with Crippen LogP contribution < -0.4 is 10.5 Å². The third kappa shape index (κ3) is 3.33. The molecule has 0 aliphatic heterocycles. The Morgan fingerprint density at radius 3 is 2.60 bits per heavy atom. The number of hydrogen-bond acceptors (Lipinski definition) is 3. The Bertz CT molecular complexity index is 584. The Morgan fingerprint density at radius 1 is 1.25 bits per heavy atom. The first-order chi connectivity index (χ1) is 9.29. The first-order valence-electron chi connectivity index (χ1n) is 7.18. The standard InChI is InChI=1S/C15H24N2O2S/c1-10-7-8-11(2)14(9-10)17-13-5-4-6-15(12(13)3)20(16,18)19/h4-6,10-11,14,17H,7-9H2,1-3H3,(H2,16,18,19). The van der Waals surface area contributed by atoms with Gasteiger partial charge in [-0.15, -0.1) is 0 Å². The second-order valence-electron chi connectivity index (χ2n) is 6.12. The lowest BCUT2D eigenvalue weighted by atomic mass is 9.80. The number of nitrogens with one attached hydrogen (secondary N) is 1. The van der Waals surface area contributed by atoms with Crippen molar-refractivity contribution in [2.75, 3.05) is 5.32 Å². The van der Waals surface area contributed by atoms with Gasteiger partial charge in [-0.2, -0.15) is 0 Å². The highest BCUT2D eigenvalue weighted by Crippen LogP contribution is 2.32. The van der Waals surface area contributed by atoms with Gasteiger partial charge in [0.2, 0.25) is 10.0 Å². The molecule has 2 rings (SSSR count). The van der Waals surface area contributed by atoms with E-state index in [9.17, 15) is 8.42 Å². The molecule has 20 heavy (non-hydrogen) atoms. The smallest absolute Gasteiger partial charge is 0.238 e. The Hall–Kier alpha value is -1.07. The second kappa shape index (κ2) is 5.74. The SMILES string of the molecule is Cc1c(NC2CC(C)CCC2C)cccc1S(N)(=O)=O. The van der Waals surface area contributed by atoms with Crippen LogP contribution in [0.3, 0.4) is 0 Å². The zero-order chi connectivity index (χ0) is 14.9. The minimum absolute atomic E-state index is 0.207. The van der Waals surface area contributed by atoms with Crippen LogP contribution in [0.5, 0.6) is 0 Å². The largest absolute Gasteiger partial charge is 0.382 e. The van der Waals surface area contributed by atoms with Gasteiger partial charge in [0.15, 0.2) is 0 Å². The van der Waals surface area contributed by atoms with Gasteiger partial charge in [-0.05, 0) is 49.3 Å². The number of anilines is 1. The van der Waals surface area contributed by atoms with Gasteiger partial charge in [0.25, 0.3) is 0 Å². The molecule has 1 aliphatic carbocycles. The third-order valence-corrected chi connectivity index (χ3v) is 5.44. The lowest BCUT2D eigenvalue weighted by Crippen LogP contribution is -2.33. The van der Waals surface area contributed by atoms with Gasteiger partial charge in [-0.25, -0.2) is 13.6 Å². The fourth-order valence-corrected chi connectivity index (χ4v) is 3.82. The molecule has 0 amide bonds. The predicted octanol–water partition coefficient (Wildman–Crippen LogP) is 2.88. The van der Waals surface area contributed by atoms with E-state index in [0.717, 1.165) is 12.1 Å². The van der Waals surface area contributed by atoms with Crippen LogP contribution in [0, 0.1) is 18.8 Å². The highest BCUT2D eigenvalue weighted by molar-refractivity contribution is 7.89. The van der Waals surface area contributed by atoms with E-state index in [2.05, 4.69) is 19.2 Å². The average Bonchev–Trinajstić information content (AvgIpc) is 2.35. The number of nitrogens with two attached hydrogens (primary N) is 1. The normalized spacial score (nSPS) is 27.3. The summed E-state index contributed by atoms with van der Waals surface area (Å²) in [5.74, 6) is 1.31. The molecule has 0 bridgehead atoms. The van der Waals surface area contributed by atoms with E-state index >= 15 is 0 Å². The van der Waals surface area contributed by atoms with Gasteiger partial charge in [-0.3, -0.25) is 0 Å². The summed E-state index contributed by atoms with van der Waals surface area (Å²) in [6.07, 6.45) is 3.61. The maximum absolute atomic E-state index is 11.6. The van der Waals surface area contributed by atoms with Crippen LogP contribution in [0.2, 0.25) is 0 Å². The summed E-state index contributed by atoms with van der Waals surface area (Å²) in [7, 11) is -3.66. The number of hydrogen-bond donors (Lipinski definition) is 2. The molecule has 1 aromatic rings. The molecule has 112 valence electrons. The van der Waals surface area contributed by atoms with Crippen LogP contribution in [0.25, 0.3) is 0 Å². The van der Waals surface area contributed by atoms with Gasteiger partial charge >= 0.3 is 0 Å². The first-order valence-corrected chi connectivity index (χ1v) is 8.72. The van der Waals surface area contributed by atoms with Crippen molar-refractivity contribution in [3.8, 4) is 0 Å². The summed E-state index contributed by atoms with van der Waals surface area (Å²) in [5, 5.41) is 8.78. The molecule has 3 N–H and O–H groups in total. The molecular weight excluding hydrogens is 272 g/mol. The van der Waals surface area contributed by atoms with Crippen molar-refractivity contribution < 1.29 is 8.42 Å². The van der Waals surface area contributed by atoms with Crippen LogP contribution in [0.1, 0.15) is 38.7 Å². The van der Waals surface area contributed by atoms with Crippen molar-refractivity contribution in [2.24, 2.45) is 17.0 Å². The molecule has 5 heteroatoms. The van der Waals surface area contributed by atoms with Gasteiger partial charge in [-0.1, -0.05) is 26.3 Å². The molecule has 3 atom stereocenters. The molecule has 1 aliphatic rings. The Balaban J connectivity index is 2.26. The van der Waals surface area contributed by atoms with E-state index in [1.807, 2.05) is 6.07 Å². The third-order valence-electron chi connectivity index (χ3n) is 4.39. The molecular formula is C15H24N2O2S. The highest BCUT2D eigenvalue weighted by atomic mass is 32.2. The molecule has 0 aromatic heterocycles. The van der Waals surface area contributed by atoms with Crippen LogP contribution in [-0.4, -0.2) is 14.5 Å². The van der Waals surface area contributed by atoms with E-state index in [4.69, 9.17) is 5.14 Å². The molecule has 1 saturated carbocycles. The van der Waals surface area contributed by atoms with Crippen molar-refractivity contribution in [3.63, 3.8) is 0 Å². The summed E-state index contributed by atoms with van der Waals surface area (Å²) in [5.41, 5.74) is 1.59. The summed E-state index contributed by atoms with van der Waals surface area (Å²) in [6.45, 7) is 6.33. The molecule has 0 saturated heterocycles. The summed E-state index contributed by atoms with van der Waals surface area (Å²) >= 11 is 0. The fraction of sp³-hybridized carbons (Fsp3) is 0.600. The van der Waals surface area contributed by atoms with Crippen molar-refractivity contribution in [3.05, 3.63) is 23.8 Å². The average molecular weight is 296 g/mol. The first kappa shape index (κ1) is 15.3. The van der Waals surface area contributed by atoms with E-state index in [-0.39, 0.29) is 4.90 Å². The number of sulfonamides is 1. The predicted molar refractivity (Wildman–Crippen MR) is 82.1 cm³/mol. The fourth-order valence-electron chi connectivity index (χ4n) is 3.01. The minimum atomic E-state index is -3.66. The summed E-state index contributed by atoms with van der Waals surface area (Å²) in [6, 6.07) is 5.62. The molecule has 4 nitrogen and oxygen atoms in total. The van der Waals surface area contributed by atoms with Crippen LogP contribution in [0.15, 0.2) is 23.1 Å². The Kier molecular flexibility index (Phi) is 4.39. The molecule has 0 heterocycles. The lowest BCUT2D eigenvalue weighted by Gasteiger charge is -2.34. The molecule has 3 unspecified atom stereocenters. The zero-order valence-electron chi connectivity index (χ0n) is 12.4. The monoisotopic (exact) mass is 296 g/mol. The van der Waals surface area contributed by atoms with Gasteiger partial charge in [0.1, 0.15) is 0 Å². The second-order valence-corrected chi connectivity index (χ2v) is 7.65. The lowest BCUT2D eigenvalue weighted by molar-refractivity contribution is 0.280. The van der Waals surface area contributed by atoms with Crippen LogP contribution in [-0.2, 0) is 10.0 Å². The van der Waals surface area contributed by atoms with Gasteiger partial charge in [0.05, 0.1) is 4.90 Å². The van der Waals surface area contributed by atoms with Crippen molar-refractivity contribution in [1.29, 1.82) is 0 Å². The van der Waals surface area contributed by atoms with Crippen LogP contribution >= 0.6 is 0 Å².